The van der Waals surface area contributed by atoms with Gasteiger partial charge < -0.3 is 10.4 Å². The molecule has 0 radical (unpaired) electrons. The SMILES string of the molecule is NS(=O)(=O)CCC(NC(=O)C(F)(F)F)C(=O)O. The first kappa shape index (κ1) is 15.6. The molecule has 17 heavy (non-hydrogen) atoms. The van der Waals surface area contributed by atoms with Crippen LogP contribution in [0.1, 0.15) is 6.42 Å². The summed E-state index contributed by atoms with van der Waals surface area (Å²) >= 11 is 0. The van der Waals surface area contributed by atoms with Crippen LogP contribution in [-0.4, -0.2) is 43.4 Å². The number of nitrogens with two attached hydrogens (primary N) is 1. The lowest BCUT2D eigenvalue weighted by atomic mass is 10.2. The zero-order valence-corrected chi connectivity index (χ0v) is 9.01. The van der Waals surface area contributed by atoms with Crippen molar-refractivity contribution in [1.82, 2.24) is 5.32 Å². The largest absolute Gasteiger partial charge is 0.480 e. The van der Waals surface area contributed by atoms with Crippen LogP contribution < -0.4 is 10.5 Å². The molecular formula is C6H9F3N2O5S. The van der Waals surface area contributed by atoms with E-state index in [-0.39, 0.29) is 0 Å². The van der Waals surface area contributed by atoms with Gasteiger partial charge in [-0.15, -0.1) is 0 Å². The lowest BCUT2D eigenvalue weighted by Gasteiger charge is -2.14. The molecule has 4 N–H and O–H groups in total. The van der Waals surface area contributed by atoms with Gasteiger partial charge in [0.25, 0.3) is 0 Å². The number of hydrogen-bond donors (Lipinski definition) is 3. The maximum atomic E-state index is 11.8. The van der Waals surface area contributed by atoms with E-state index in [1.54, 1.807) is 0 Å². The molecule has 1 amide bonds. The number of sulfonamides is 1. The van der Waals surface area contributed by atoms with Crippen molar-refractivity contribution < 1.29 is 36.3 Å². The molecule has 0 heterocycles. The Bertz CT molecular complexity index is 404. The number of amides is 1. The molecule has 0 bridgehead atoms. The molecule has 7 nitrogen and oxygen atoms in total. The second-order valence-corrected chi connectivity index (χ2v) is 4.75. The van der Waals surface area contributed by atoms with Crippen molar-refractivity contribution in [1.29, 1.82) is 0 Å². The molecule has 0 saturated heterocycles. The summed E-state index contributed by atoms with van der Waals surface area (Å²) in [6.45, 7) is 0. The molecule has 0 aliphatic rings. The van der Waals surface area contributed by atoms with Crippen LogP contribution in [0.15, 0.2) is 0 Å². The molecule has 1 atom stereocenters. The van der Waals surface area contributed by atoms with Crippen LogP contribution >= 0.6 is 0 Å². The lowest BCUT2D eigenvalue weighted by molar-refractivity contribution is -0.175. The normalized spacial score (nSPS) is 14.1. The molecule has 0 rings (SSSR count). The summed E-state index contributed by atoms with van der Waals surface area (Å²) < 4.78 is 56.4. The van der Waals surface area contributed by atoms with E-state index < -0.39 is 46.3 Å². The molecule has 1 unspecified atom stereocenters. The van der Waals surface area contributed by atoms with Crippen molar-refractivity contribution >= 4 is 21.9 Å². The maximum Gasteiger partial charge on any atom is 0.471 e. The molecule has 0 fully saturated rings. The average molecular weight is 278 g/mol. The summed E-state index contributed by atoms with van der Waals surface area (Å²) in [7, 11) is -4.02. The van der Waals surface area contributed by atoms with E-state index in [0.29, 0.717) is 0 Å². The summed E-state index contributed by atoms with van der Waals surface area (Å²) in [5.41, 5.74) is 0. The monoisotopic (exact) mass is 278 g/mol. The van der Waals surface area contributed by atoms with Gasteiger partial charge in [-0.05, 0) is 6.42 Å². The number of hydrogen-bond acceptors (Lipinski definition) is 4. The van der Waals surface area contributed by atoms with Crippen LogP contribution in [0.2, 0.25) is 0 Å². The number of nitrogens with one attached hydrogen (secondary N) is 1. The quantitative estimate of drug-likeness (QED) is 0.582. The van der Waals surface area contributed by atoms with Gasteiger partial charge in [-0.3, -0.25) is 4.79 Å². The summed E-state index contributed by atoms with van der Waals surface area (Å²) in [5.74, 6) is -5.10. The third kappa shape index (κ3) is 6.73. The Hall–Kier alpha value is -1.36. The minimum atomic E-state index is -5.24. The predicted molar refractivity (Wildman–Crippen MR) is 48.2 cm³/mol. The van der Waals surface area contributed by atoms with Gasteiger partial charge in [0.1, 0.15) is 6.04 Å². The third-order valence-electron chi connectivity index (χ3n) is 1.55. The zero-order valence-electron chi connectivity index (χ0n) is 8.19. The number of primary sulfonamides is 1. The van der Waals surface area contributed by atoms with Crippen LogP contribution in [0, 0.1) is 0 Å². The van der Waals surface area contributed by atoms with Crippen molar-refractivity contribution in [2.75, 3.05) is 5.75 Å². The summed E-state index contributed by atoms with van der Waals surface area (Å²) in [4.78, 5) is 20.9. The van der Waals surface area contributed by atoms with E-state index in [4.69, 9.17) is 5.11 Å². The topological polar surface area (TPSA) is 127 Å². The van der Waals surface area contributed by atoms with Gasteiger partial charge in [-0.1, -0.05) is 0 Å². The Morgan fingerprint density at radius 3 is 2.12 bits per heavy atom. The summed E-state index contributed by atoms with van der Waals surface area (Å²) in [5, 5.41) is 14.2. The van der Waals surface area contributed by atoms with Crippen LogP contribution in [0.5, 0.6) is 0 Å². The van der Waals surface area contributed by atoms with Crippen molar-refractivity contribution in [2.24, 2.45) is 5.14 Å². The Balaban J connectivity index is 4.57. The van der Waals surface area contributed by atoms with E-state index in [1.807, 2.05) is 0 Å². The number of halogens is 3. The molecule has 0 aromatic heterocycles. The molecule has 0 aliphatic heterocycles. The van der Waals surface area contributed by atoms with Gasteiger partial charge in [0, 0.05) is 0 Å². The second kappa shape index (κ2) is 5.31. The van der Waals surface area contributed by atoms with Crippen molar-refractivity contribution in [3.63, 3.8) is 0 Å². The van der Waals surface area contributed by atoms with Gasteiger partial charge in [-0.25, -0.2) is 18.4 Å². The first-order valence-electron chi connectivity index (χ1n) is 4.04. The van der Waals surface area contributed by atoms with E-state index in [1.165, 1.54) is 0 Å². The molecule has 0 aromatic rings. The number of rotatable bonds is 5. The summed E-state index contributed by atoms with van der Waals surface area (Å²) in [6.07, 6.45) is -5.99. The molecule has 0 saturated carbocycles. The number of carboxylic acids is 1. The number of carbonyl (C=O) groups excluding carboxylic acids is 1. The van der Waals surface area contributed by atoms with Crippen LogP contribution in [0.25, 0.3) is 0 Å². The Labute approximate surface area is 93.8 Å². The van der Waals surface area contributed by atoms with Gasteiger partial charge >= 0.3 is 18.1 Å². The maximum absolute atomic E-state index is 11.8. The smallest absolute Gasteiger partial charge is 0.471 e. The number of carboxylic acid groups (broad SMARTS) is 1. The highest BCUT2D eigenvalue weighted by Gasteiger charge is 2.40. The molecule has 11 heteroatoms. The molecular weight excluding hydrogens is 269 g/mol. The highest BCUT2D eigenvalue weighted by Crippen LogP contribution is 2.14. The van der Waals surface area contributed by atoms with E-state index in [0.717, 1.165) is 5.32 Å². The third-order valence-corrected chi connectivity index (χ3v) is 2.36. The fourth-order valence-electron chi connectivity index (χ4n) is 0.780. The summed E-state index contributed by atoms with van der Waals surface area (Å²) in [6, 6.07) is -1.97. The molecule has 0 spiro atoms. The standard InChI is InChI=1S/C6H9F3N2O5S/c7-6(8,9)5(14)11-3(4(12)13)1-2-17(10,15)16/h3H,1-2H2,(H,11,14)(H,12,13)(H2,10,15,16). The average Bonchev–Trinajstić information content (AvgIpc) is 2.07. The molecule has 100 valence electrons. The van der Waals surface area contributed by atoms with E-state index in [2.05, 4.69) is 5.14 Å². The Kier molecular flexibility index (Phi) is 4.89. The van der Waals surface area contributed by atoms with E-state index in [9.17, 15) is 31.2 Å². The zero-order chi connectivity index (χ0) is 13.9. The molecule has 0 aliphatic carbocycles. The highest BCUT2D eigenvalue weighted by atomic mass is 32.2. The predicted octanol–water partition coefficient (Wildman–Crippen LogP) is -1.20. The fourth-order valence-corrected chi connectivity index (χ4v) is 1.34. The fraction of sp³-hybridized carbons (Fsp3) is 0.667. The number of alkyl halides is 3. The van der Waals surface area contributed by atoms with Gasteiger partial charge in [0.05, 0.1) is 5.75 Å². The molecule has 0 aromatic carbocycles. The Morgan fingerprint density at radius 1 is 1.35 bits per heavy atom. The van der Waals surface area contributed by atoms with Crippen molar-refractivity contribution in [2.45, 2.75) is 18.6 Å². The van der Waals surface area contributed by atoms with Crippen molar-refractivity contribution in [3.8, 4) is 0 Å². The van der Waals surface area contributed by atoms with Gasteiger partial charge in [-0.2, -0.15) is 13.2 Å². The highest BCUT2D eigenvalue weighted by molar-refractivity contribution is 7.89. The Morgan fingerprint density at radius 2 is 1.82 bits per heavy atom. The van der Waals surface area contributed by atoms with Crippen molar-refractivity contribution in [3.05, 3.63) is 0 Å². The first-order valence-corrected chi connectivity index (χ1v) is 5.76. The number of aliphatic carboxylic acids is 1. The second-order valence-electron chi connectivity index (χ2n) is 3.02. The van der Waals surface area contributed by atoms with Crippen LogP contribution in [0.3, 0.4) is 0 Å². The van der Waals surface area contributed by atoms with Crippen LogP contribution in [0.4, 0.5) is 13.2 Å². The minimum Gasteiger partial charge on any atom is -0.480 e. The van der Waals surface area contributed by atoms with Crippen LogP contribution in [-0.2, 0) is 19.6 Å². The van der Waals surface area contributed by atoms with Gasteiger partial charge in [0.15, 0.2) is 0 Å². The van der Waals surface area contributed by atoms with E-state index >= 15 is 0 Å². The minimum absolute atomic E-state index is 0.754. The first-order chi connectivity index (χ1) is 7.43. The lowest BCUT2D eigenvalue weighted by Crippen LogP contribution is -2.47. The number of carbonyl (C=O) groups is 2. The van der Waals surface area contributed by atoms with Gasteiger partial charge in [0.2, 0.25) is 10.0 Å².